The van der Waals surface area contributed by atoms with E-state index in [1.807, 2.05) is 13.8 Å². The Labute approximate surface area is 190 Å². The van der Waals surface area contributed by atoms with Gasteiger partial charge in [-0.25, -0.2) is 0 Å². The van der Waals surface area contributed by atoms with Crippen molar-refractivity contribution >= 4 is 11.9 Å². The average molecular weight is 439 g/mol. The van der Waals surface area contributed by atoms with E-state index >= 15 is 0 Å². The van der Waals surface area contributed by atoms with Crippen molar-refractivity contribution in [2.75, 3.05) is 27.2 Å². The minimum Gasteiger partial charge on any atom is -0.461 e. The van der Waals surface area contributed by atoms with Crippen molar-refractivity contribution in [3.8, 4) is 0 Å². The molecule has 2 rings (SSSR count). The van der Waals surface area contributed by atoms with Gasteiger partial charge in [-0.05, 0) is 67.5 Å². The Morgan fingerprint density at radius 3 is 1.42 bits per heavy atom. The van der Waals surface area contributed by atoms with Crippen molar-refractivity contribution in [3.05, 3.63) is 0 Å². The first-order valence-corrected chi connectivity index (χ1v) is 12.1. The Hall–Kier alpha value is -1.14. The third kappa shape index (κ3) is 4.66. The van der Waals surface area contributed by atoms with E-state index in [0.29, 0.717) is 12.8 Å². The summed E-state index contributed by atoms with van der Waals surface area (Å²) in [4.78, 5) is 31.5. The number of ether oxygens (including phenoxy) is 2. The molecule has 2 fully saturated rings. The maximum Gasteiger partial charge on any atom is 0.323 e. The van der Waals surface area contributed by atoms with Crippen LogP contribution in [0.25, 0.3) is 0 Å². The predicted molar refractivity (Wildman–Crippen MR) is 124 cm³/mol. The first kappa shape index (κ1) is 26.1. The summed E-state index contributed by atoms with van der Waals surface area (Å²) < 4.78 is 12.1. The lowest BCUT2D eigenvalue weighted by Gasteiger charge is -2.49. The van der Waals surface area contributed by atoms with Crippen molar-refractivity contribution in [3.63, 3.8) is 0 Å². The Morgan fingerprint density at radius 1 is 0.806 bits per heavy atom. The third-order valence-electron chi connectivity index (χ3n) is 9.32. The zero-order chi connectivity index (χ0) is 23.8. The highest BCUT2D eigenvalue weighted by atomic mass is 16.6. The number of hydrogen-bond acceptors (Lipinski definition) is 6. The second-order valence-electron chi connectivity index (χ2n) is 11.0. The van der Waals surface area contributed by atoms with Crippen LogP contribution in [-0.4, -0.2) is 72.2 Å². The van der Waals surface area contributed by atoms with E-state index in [9.17, 15) is 9.59 Å². The second kappa shape index (κ2) is 9.38. The van der Waals surface area contributed by atoms with Crippen molar-refractivity contribution in [1.29, 1.82) is 0 Å². The van der Waals surface area contributed by atoms with Gasteiger partial charge < -0.3 is 19.3 Å². The molecule has 0 aromatic heterocycles. The lowest BCUT2D eigenvalue weighted by Crippen LogP contribution is -2.58. The molecule has 4 unspecified atom stereocenters. The molecule has 0 bridgehead atoms. The van der Waals surface area contributed by atoms with E-state index in [-0.39, 0.29) is 35.1 Å². The highest BCUT2D eigenvalue weighted by molar-refractivity contribution is 6.00. The van der Waals surface area contributed by atoms with E-state index in [1.165, 1.54) is 0 Å². The number of rotatable bonds is 6. The molecular formula is C25H46N2O4. The number of carbonyl (C=O) groups is 2. The Balaban J connectivity index is 2.17. The maximum absolute atomic E-state index is 13.4. The van der Waals surface area contributed by atoms with Crippen LogP contribution in [0.1, 0.15) is 81.1 Å². The Kier molecular flexibility index (Phi) is 7.90. The third-order valence-corrected chi connectivity index (χ3v) is 9.32. The number of likely N-dealkylation sites (tertiary alicyclic amines) is 2. The standard InChI is InChI=1S/C25H46N2O4/c1-11-25(12-2,21(28)30-19-13-15-26(9)23(5,6)17(19)3)22(29)31-20-14-16-27(10)24(7,8)18(20)4/h17-20H,11-16H2,1-10H3. The molecule has 0 aliphatic carbocycles. The van der Waals surface area contributed by atoms with Crippen LogP contribution >= 0.6 is 0 Å². The summed E-state index contributed by atoms with van der Waals surface area (Å²) in [5.74, 6) is -0.487. The molecule has 180 valence electrons. The van der Waals surface area contributed by atoms with Crippen LogP contribution in [0.3, 0.4) is 0 Å². The average Bonchev–Trinajstić information content (AvgIpc) is 2.71. The summed E-state index contributed by atoms with van der Waals surface area (Å²) in [5.41, 5.74) is -1.37. The number of piperidine rings is 2. The molecule has 31 heavy (non-hydrogen) atoms. The van der Waals surface area contributed by atoms with Gasteiger partial charge in [0.05, 0.1) is 0 Å². The SMILES string of the molecule is CCC(CC)(C(=O)OC1CCN(C)C(C)(C)C1C)C(=O)OC1CCN(C)C(C)(C)C1C. The van der Waals surface area contributed by atoms with E-state index in [1.54, 1.807) is 0 Å². The minimum atomic E-state index is -1.24. The van der Waals surface area contributed by atoms with Crippen molar-refractivity contribution in [1.82, 2.24) is 9.80 Å². The molecule has 6 nitrogen and oxygen atoms in total. The molecule has 0 saturated carbocycles. The fourth-order valence-electron chi connectivity index (χ4n) is 5.06. The molecule has 0 aromatic carbocycles. The van der Waals surface area contributed by atoms with Gasteiger partial charge in [-0.2, -0.15) is 0 Å². The van der Waals surface area contributed by atoms with Crippen LogP contribution in [0.2, 0.25) is 0 Å². The summed E-state index contributed by atoms with van der Waals surface area (Å²) in [7, 11) is 4.22. The zero-order valence-corrected chi connectivity index (χ0v) is 21.6. The van der Waals surface area contributed by atoms with Gasteiger partial charge in [-0.3, -0.25) is 9.59 Å². The van der Waals surface area contributed by atoms with Gasteiger partial charge in [-0.15, -0.1) is 0 Å². The minimum absolute atomic E-state index is 0.0695. The number of hydrogen-bond donors (Lipinski definition) is 0. The van der Waals surface area contributed by atoms with E-state index in [0.717, 1.165) is 25.9 Å². The fraction of sp³-hybridized carbons (Fsp3) is 0.920. The van der Waals surface area contributed by atoms with Crippen molar-refractivity contribution < 1.29 is 19.1 Å². The molecule has 2 aliphatic rings. The number of nitrogens with zero attached hydrogens (tertiary/aromatic N) is 2. The lowest BCUT2D eigenvalue weighted by molar-refractivity contribution is -0.189. The van der Waals surface area contributed by atoms with Gasteiger partial charge in [0.1, 0.15) is 12.2 Å². The van der Waals surface area contributed by atoms with Crippen LogP contribution in [0.5, 0.6) is 0 Å². The first-order chi connectivity index (χ1) is 14.3. The maximum atomic E-state index is 13.4. The van der Waals surface area contributed by atoms with E-state index < -0.39 is 17.4 Å². The lowest BCUT2D eigenvalue weighted by atomic mass is 9.77. The summed E-state index contributed by atoms with van der Waals surface area (Å²) in [6, 6.07) is 0. The summed E-state index contributed by atoms with van der Waals surface area (Å²) in [5, 5.41) is 0. The quantitative estimate of drug-likeness (QED) is 0.459. The molecule has 0 N–H and O–H groups in total. The molecule has 0 spiro atoms. The number of esters is 2. The molecule has 4 atom stereocenters. The van der Waals surface area contributed by atoms with Crippen LogP contribution in [-0.2, 0) is 19.1 Å². The zero-order valence-electron chi connectivity index (χ0n) is 21.6. The molecule has 2 aliphatic heterocycles. The molecular weight excluding hydrogens is 392 g/mol. The molecule has 6 heteroatoms. The number of carbonyl (C=O) groups excluding carboxylic acids is 2. The topological polar surface area (TPSA) is 59.1 Å². The monoisotopic (exact) mass is 438 g/mol. The van der Waals surface area contributed by atoms with Crippen molar-refractivity contribution in [2.24, 2.45) is 17.3 Å². The highest BCUT2D eigenvalue weighted by Gasteiger charge is 2.51. The normalized spacial score (nSPS) is 31.8. The molecule has 0 aromatic rings. The summed E-state index contributed by atoms with van der Waals surface area (Å²) in [6.45, 7) is 18.5. The van der Waals surface area contributed by atoms with Crippen molar-refractivity contribution in [2.45, 2.75) is 104 Å². The largest absolute Gasteiger partial charge is 0.461 e. The molecule has 2 heterocycles. The van der Waals surface area contributed by atoms with Gasteiger partial charge in [0, 0.05) is 36.0 Å². The fourth-order valence-corrected chi connectivity index (χ4v) is 5.06. The smallest absolute Gasteiger partial charge is 0.323 e. The Morgan fingerprint density at radius 2 is 1.13 bits per heavy atom. The van der Waals surface area contributed by atoms with Crippen LogP contribution < -0.4 is 0 Å². The van der Waals surface area contributed by atoms with Gasteiger partial charge in [0.25, 0.3) is 0 Å². The predicted octanol–water partition coefficient (Wildman–Crippen LogP) is 4.12. The van der Waals surface area contributed by atoms with Crippen LogP contribution in [0.15, 0.2) is 0 Å². The first-order valence-electron chi connectivity index (χ1n) is 12.1. The van der Waals surface area contributed by atoms with E-state index in [2.05, 4.69) is 65.4 Å². The van der Waals surface area contributed by atoms with Gasteiger partial charge in [-0.1, -0.05) is 27.7 Å². The van der Waals surface area contributed by atoms with Crippen LogP contribution in [0, 0.1) is 17.3 Å². The Bertz CT molecular complexity index is 604. The molecule has 2 saturated heterocycles. The molecule has 0 amide bonds. The molecule has 0 radical (unpaired) electrons. The van der Waals surface area contributed by atoms with Gasteiger partial charge in [0.2, 0.25) is 0 Å². The van der Waals surface area contributed by atoms with E-state index in [4.69, 9.17) is 9.47 Å². The summed E-state index contributed by atoms with van der Waals surface area (Å²) in [6.07, 6.45) is 1.96. The highest BCUT2D eigenvalue weighted by Crippen LogP contribution is 2.39. The second-order valence-corrected chi connectivity index (χ2v) is 11.0. The summed E-state index contributed by atoms with van der Waals surface area (Å²) >= 11 is 0. The van der Waals surface area contributed by atoms with Gasteiger partial charge >= 0.3 is 11.9 Å². The van der Waals surface area contributed by atoms with Crippen LogP contribution in [0.4, 0.5) is 0 Å². The van der Waals surface area contributed by atoms with Gasteiger partial charge in [0.15, 0.2) is 5.41 Å².